The highest BCUT2D eigenvalue weighted by molar-refractivity contribution is 5.94. The lowest BCUT2D eigenvalue weighted by molar-refractivity contribution is -0.132. The predicted molar refractivity (Wildman–Crippen MR) is 110 cm³/mol. The Bertz CT molecular complexity index is 792. The van der Waals surface area contributed by atoms with Gasteiger partial charge in [0.2, 0.25) is 5.91 Å². The highest BCUT2D eigenvalue weighted by atomic mass is 16.5. The fraction of sp³-hybridized carbons (Fsp3) is 0.391. The predicted octanol–water partition coefficient (Wildman–Crippen LogP) is 3.31. The first-order valence-corrected chi connectivity index (χ1v) is 9.92. The summed E-state index contributed by atoms with van der Waals surface area (Å²) in [6.45, 7) is 6.92. The second kappa shape index (κ2) is 9.40. The molecular formula is C23H28N2O3. The van der Waals surface area contributed by atoms with Crippen molar-refractivity contribution in [3.63, 3.8) is 0 Å². The second-order valence-electron chi connectivity index (χ2n) is 7.12. The molecule has 1 fully saturated rings. The van der Waals surface area contributed by atoms with E-state index in [4.69, 9.17) is 4.74 Å². The van der Waals surface area contributed by atoms with Crippen LogP contribution >= 0.6 is 0 Å². The minimum Gasteiger partial charge on any atom is -0.494 e. The van der Waals surface area contributed by atoms with Crippen molar-refractivity contribution in [1.29, 1.82) is 0 Å². The molecule has 0 aliphatic carbocycles. The van der Waals surface area contributed by atoms with E-state index in [1.165, 1.54) is 11.1 Å². The lowest BCUT2D eigenvalue weighted by atomic mass is 10.1. The molecule has 0 unspecified atom stereocenters. The third-order valence-corrected chi connectivity index (χ3v) is 5.08. The van der Waals surface area contributed by atoms with Crippen LogP contribution in [0.1, 0.15) is 34.8 Å². The molecular weight excluding hydrogens is 352 g/mol. The summed E-state index contributed by atoms with van der Waals surface area (Å²) in [7, 11) is 0. The maximum atomic E-state index is 12.7. The van der Waals surface area contributed by atoms with Crippen LogP contribution in [-0.4, -0.2) is 54.4 Å². The minimum absolute atomic E-state index is 0.00908. The van der Waals surface area contributed by atoms with Gasteiger partial charge < -0.3 is 14.5 Å². The normalized spacial score (nSPS) is 14.1. The molecule has 0 N–H and O–H groups in total. The van der Waals surface area contributed by atoms with E-state index in [-0.39, 0.29) is 11.8 Å². The molecule has 28 heavy (non-hydrogen) atoms. The van der Waals surface area contributed by atoms with Gasteiger partial charge in [0.05, 0.1) is 6.61 Å². The Morgan fingerprint density at radius 2 is 1.50 bits per heavy atom. The highest BCUT2D eigenvalue weighted by Gasteiger charge is 2.24. The Labute approximate surface area is 166 Å². The molecule has 5 nitrogen and oxygen atoms in total. The van der Waals surface area contributed by atoms with Gasteiger partial charge in [-0.15, -0.1) is 0 Å². The third-order valence-electron chi connectivity index (χ3n) is 5.08. The van der Waals surface area contributed by atoms with Crippen LogP contribution in [0.5, 0.6) is 5.75 Å². The first-order valence-electron chi connectivity index (χ1n) is 9.92. The molecule has 2 aromatic carbocycles. The molecule has 1 aliphatic heterocycles. The summed E-state index contributed by atoms with van der Waals surface area (Å²) in [4.78, 5) is 28.8. The van der Waals surface area contributed by atoms with Crippen molar-refractivity contribution in [2.24, 2.45) is 0 Å². The highest BCUT2D eigenvalue weighted by Crippen LogP contribution is 2.15. The molecule has 0 bridgehead atoms. The van der Waals surface area contributed by atoms with Crippen LogP contribution in [0.3, 0.4) is 0 Å². The zero-order valence-corrected chi connectivity index (χ0v) is 16.7. The summed E-state index contributed by atoms with van der Waals surface area (Å²) in [5.41, 5.74) is 3.06. The van der Waals surface area contributed by atoms with Crippen molar-refractivity contribution in [2.75, 3.05) is 32.8 Å². The van der Waals surface area contributed by atoms with E-state index in [0.29, 0.717) is 44.8 Å². The van der Waals surface area contributed by atoms with Gasteiger partial charge in [-0.05, 0) is 50.1 Å². The third kappa shape index (κ3) is 5.12. The van der Waals surface area contributed by atoms with E-state index in [2.05, 4.69) is 31.2 Å². The Kier molecular flexibility index (Phi) is 6.69. The fourth-order valence-electron chi connectivity index (χ4n) is 3.37. The number of nitrogens with zero attached hydrogens (tertiary/aromatic N) is 2. The first-order chi connectivity index (χ1) is 13.6. The largest absolute Gasteiger partial charge is 0.494 e. The molecule has 0 aromatic heterocycles. The molecule has 148 valence electrons. The maximum absolute atomic E-state index is 12.7. The van der Waals surface area contributed by atoms with Gasteiger partial charge >= 0.3 is 0 Å². The number of rotatable bonds is 6. The van der Waals surface area contributed by atoms with Crippen LogP contribution < -0.4 is 4.74 Å². The topological polar surface area (TPSA) is 49.9 Å². The summed E-state index contributed by atoms with van der Waals surface area (Å²) in [5, 5.41) is 0. The second-order valence-corrected chi connectivity index (χ2v) is 7.12. The lowest BCUT2D eigenvalue weighted by Crippen LogP contribution is -2.50. The summed E-state index contributed by atoms with van der Waals surface area (Å²) in [6.07, 6.45) is 1.26. The average molecular weight is 380 g/mol. The SMILES string of the molecule is CCOc1ccc(C(=O)N2CCN(C(=O)CCc3ccc(C)cc3)CC2)cc1. The van der Waals surface area contributed by atoms with Gasteiger partial charge in [0.1, 0.15) is 5.75 Å². The average Bonchev–Trinajstić information content (AvgIpc) is 2.73. The van der Waals surface area contributed by atoms with Crippen LogP contribution in [0.15, 0.2) is 48.5 Å². The van der Waals surface area contributed by atoms with E-state index in [0.717, 1.165) is 12.2 Å². The summed E-state index contributed by atoms with van der Waals surface area (Å²) >= 11 is 0. The van der Waals surface area contributed by atoms with E-state index in [9.17, 15) is 9.59 Å². The Hall–Kier alpha value is -2.82. The first kappa shape index (κ1) is 19.9. The molecule has 1 heterocycles. The Morgan fingerprint density at radius 1 is 0.893 bits per heavy atom. The van der Waals surface area contributed by atoms with Gasteiger partial charge in [0.25, 0.3) is 5.91 Å². The van der Waals surface area contributed by atoms with Crippen LogP contribution in [0.25, 0.3) is 0 Å². The molecule has 1 aliphatic rings. The van der Waals surface area contributed by atoms with Crippen molar-refractivity contribution in [3.8, 4) is 5.75 Å². The number of aryl methyl sites for hydroxylation is 2. The molecule has 5 heteroatoms. The number of ether oxygens (including phenoxy) is 1. The summed E-state index contributed by atoms with van der Waals surface area (Å²) in [6, 6.07) is 15.5. The zero-order valence-electron chi connectivity index (χ0n) is 16.7. The summed E-state index contributed by atoms with van der Waals surface area (Å²) < 4.78 is 5.42. The molecule has 1 saturated heterocycles. The van der Waals surface area contributed by atoms with E-state index >= 15 is 0 Å². The smallest absolute Gasteiger partial charge is 0.253 e. The standard InChI is InChI=1S/C23H28N2O3/c1-3-28-21-11-9-20(10-12-21)23(27)25-16-14-24(15-17-25)22(26)13-8-19-6-4-18(2)5-7-19/h4-7,9-12H,3,8,13-17H2,1-2H3. The quantitative estimate of drug-likeness (QED) is 0.773. The molecule has 0 spiro atoms. The van der Waals surface area contributed by atoms with E-state index in [1.54, 1.807) is 12.1 Å². The van der Waals surface area contributed by atoms with Gasteiger partial charge in [-0.25, -0.2) is 0 Å². The zero-order chi connectivity index (χ0) is 19.9. The monoisotopic (exact) mass is 380 g/mol. The Morgan fingerprint density at radius 3 is 2.11 bits per heavy atom. The molecule has 2 aromatic rings. The molecule has 3 rings (SSSR count). The van der Waals surface area contributed by atoms with Crippen LogP contribution in [0.4, 0.5) is 0 Å². The van der Waals surface area contributed by atoms with Crippen molar-refractivity contribution >= 4 is 11.8 Å². The van der Waals surface area contributed by atoms with Gasteiger partial charge in [-0.1, -0.05) is 29.8 Å². The van der Waals surface area contributed by atoms with E-state index < -0.39 is 0 Å². The van der Waals surface area contributed by atoms with Crippen molar-refractivity contribution < 1.29 is 14.3 Å². The molecule has 0 atom stereocenters. The molecule has 2 amide bonds. The van der Waals surface area contributed by atoms with Gasteiger partial charge in [0.15, 0.2) is 0 Å². The van der Waals surface area contributed by atoms with Gasteiger partial charge in [-0.2, -0.15) is 0 Å². The molecule has 0 radical (unpaired) electrons. The number of carbonyl (C=O) groups is 2. The van der Waals surface area contributed by atoms with Crippen molar-refractivity contribution in [2.45, 2.75) is 26.7 Å². The maximum Gasteiger partial charge on any atom is 0.253 e. The number of piperazine rings is 1. The number of amides is 2. The van der Waals surface area contributed by atoms with Crippen LogP contribution in [-0.2, 0) is 11.2 Å². The van der Waals surface area contributed by atoms with E-state index in [1.807, 2.05) is 28.9 Å². The number of hydrogen-bond acceptors (Lipinski definition) is 3. The molecule has 0 saturated carbocycles. The summed E-state index contributed by atoms with van der Waals surface area (Å²) in [5.74, 6) is 0.937. The number of benzene rings is 2. The lowest BCUT2D eigenvalue weighted by Gasteiger charge is -2.35. The fourth-order valence-corrected chi connectivity index (χ4v) is 3.37. The van der Waals surface area contributed by atoms with Crippen molar-refractivity contribution in [3.05, 3.63) is 65.2 Å². The minimum atomic E-state index is 0.00908. The van der Waals surface area contributed by atoms with Gasteiger partial charge in [-0.3, -0.25) is 9.59 Å². The van der Waals surface area contributed by atoms with Crippen LogP contribution in [0, 0.1) is 6.92 Å². The van der Waals surface area contributed by atoms with Crippen molar-refractivity contribution in [1.82, 2.24) is 9.80 Å². The van der Waals surface area contributed by atoms with Crippen LogP contribution in [0.2, 0.25) is 0 Å². The number of hydrogen-bond donors (Lipinski definition) is 0. The Balaban J connectivity index is 1.47. The number of carbonyl (C=O) groups excluding carboxylic acids is 2. The van der Waals surface area contributed by atoms with Gasteiger partial charge in [0, 0.05) is 38.2 Å².